The summed E-state index contributed by atoms with van der Waals surface area (Å²) in [4.78, 5) is 58.4. The predicted molar refractivity (Wildman–Crippen MR) is 508 cm³/mol. The number of hydrogen-bond acceptors (Lipinski definition) is 28. The molecule has 0 saturated carbocycles. The second-order valence-corrected chi connectivity index (χ2v) is 43.4. The number of halogens is 1. The number of ketones is 1. The molecule has 8 N–H and O–H groups in total. The van der Waals surface area contributed by atoms with Crippen molar-refractivity contribution in [3.8, 4) is 94.9 Å². The third-order valence-electron chi connectivity index (χ3n) is 24.0. The van der Waals surface area contributed by atoms with Crippen LogP contribution in [0.15, 0.2) is 235 Å². The van der Waals surface area contributed by atoms with Crippen LogP contribution in [0.5, 0.6) is 11.6 Å². The number of fused-ring (bicyclic) bond motifs is 4. The van der Waals surface area contributed by atoms with Gasteiger partial charge in [0.1, 0.15) is 68.4 Å². The summed E-state index contributed by atoms with van der Waals surface area (Å²) < 4.78 is 110. The van der Waals surface area contributed by atoms with Crippen molar-refractivity contribution in [1.29, 1.82) is 0 Å². The zero-order valence-electron chi connectivity index (χ0n) is 70.5. The molecular weight excluding hydrogens is 1830 g/mol. The monoisotopic (exact) mass is 1910 g/mol. The number of carbonyl (C=O) groups is 2. The average Bonchev–Trinajstić information content (AvgIpc) is 1.58. The Labute approximate surface area is 765 Å². The van der Waals surface area contributed by atoms with Gasteiger partial charge < -0.3 is 27.7 Å². The Bertz CT molecular complexity index is 7610. The zero-order valence-corrected chi connectivity index (χ0v) is 76.1. The molecule has 0 atom stereocenters. The number of carbonyl (C=O) groups excluding carboxylic acids is 2. The Kier molecular flexibility index (Phi) is 24.7. The van der Waals surface area contributed by atoms with E-state index in [0.717, 1.165) is 83.4 Å². The number of nitrogen functional groups attached to an aromatic ring is 4. The first-order valence-electron chi connectivity index (χ1n) is 42.2. The van der Waals surface area contributed by atoms with Crippen LogP contribution in [0, 0.1) is 0 Å². The first-order valence-corrected chi connectivity index (χ1v) is 51.2. The van der Waals surface area contributed by atoms with Gasteiger partial charge in [-0.2, -0.15) is 43.6 Å². The number of sulfone groups is 4. The molecule has 38 heteroatoms. The summed E-state index contributed by atoms with van der Waals surface area (Å²) in [7, 11) is -12.0. The molecule has 0 amide bonds. The van der Waals surface area contributed by atoms with E-state index in [1.165, 1.54) is 16.0 Å². The van der Waals surface area contributed by atoms with Gasteiger partial charge in [0.25, 0.3) is 0 Å². The van der Waals surface area contributed by atoms with Gasteiger partial charge in [-0.25, -0.2) is 63.3 Å². The Morgan fingerprint density at radius 2 is 0.817 bits per heavy atom. The summed E-state index contributed by atoms with van der Waals surface area (Å²) in [6, 6.07) is 56.5. The van der Waals surface area contributed by atoms with E-state index in [2.05, 4.69) is 56.4 Å². The lowest BCUT2D eigenvalue weighted by Crippen LogP contribution is -2.25. The quantitative estimate of drug-likeness (QED) is 0.0515. The average molecular weight is 1910 g/mol. The maximum absolute atomic E-state index is 12.5. The molecule has 0 spiro atoms. The number of Topliss-reactive ketones (excluding diaryl/α,β-unsaturated/α-hetero) is 1. The third-order valence-corrected chi connectivity index (χ3v) is 32.6. The first-order chi connectivity index (χ1) is 63.2. The van der Waals surface area contributed by atoms with E-state index in [0.29, 0.717) is 136 Å². The number of thiophene rings is 1. The minimum absolute atomic E-state index is 0.0164. The van der Waals surface area contributed by atoms with Gasteiger partial charge in [0.15, 0.2) is 34.7 Å². The molecule has 4 aliphatic rings. The van der Waals surface area contributed by atoms with Crippen LogP contribution in [-0.4, -0.2) is 175 Å². The highest BCUT2D eigenvalue weighted by molar-refractivity contribution is 9.10. The lowest BCUT2D eigenvalue weighted by molar-refractivity contribution is 0.101. The maximum atomic E-state index is 12.5. The van der Waals surface area contributed by atoms with Crippen LogP contribution in [0.2, 0.25) is 0 Å². The molecule has 4 aromatic carbocycles. The number of nitrogens with zero attached hydrogens (tertiary/aromatic N) is 17. The summed E-state index contributed by atoms with van der Waals surface area (Å²) >= 11 is 5.14. The fourth-order valence-corrected chi connectivity index (χ4v) is 24.3. The molecule has 0 radical (unpaired) electrons. The third kappa shape index (κ3) is 18.6. The largest absolute Gasteiger partial charge is 0.439 e. The molecular formula is C93H86BrN21O11S5. The summed E-state index contributed by atoms with van der Waals surface area (Å²) in [5.41, 5.74) is 43.1. The molecule has 13 aromatic heterocycles. The normalized spacial score (nSPS) is 16.2. The highest BCUT2D eigenvalue weighted by Crippen LogP contribution is 2.44. The van der Waals surface area contributed by atoms with Crippen LogP contribution >= 0.6 is 27.3 Å². The van der Waals surface area contributed by atoms with Gasteiger partial charge >= 0.3 is 0 Å². The molecule has 21 rings (SSSR count). The van der Waals surface area contributed by atoms with Crippen LogP contribution in [-0.2, 0) is 39.3 Å². The predicted octanol–water partition coefficient (Wildman–Crippen LogP) is 15.1. The van der Waals surface area contributed by atoms with E-state index < -0.39 is 39.3 Å². The van der Waals surface area contributed by atoms with E-state index in [1.807, 2.05) is 188 Å². The maximum Gasteiger partial charge on any atom is 0.219 e. The van der Waals surface area contributed by atoms with Crippen molar-refractivity contribution in [2.75, 3.05) is 69.0 Å². The van der Waals surface area contributed by atoms with Crippen molar-refractivity contribution in [3.63, 3.8) is 0 Å². The highest BCUT2D eigenvalue weighted by Gasteiger charge is 2.36. The van der Waals surface area contributed by atoms with Crippen molar-refractivity contribution < 1.29 is 48.0 Å². The molecule has 131 heavy (non-hydrogen) atoms. The molecule has 32 nitrogen and oxygen atoms in total. The zero-order chi connectivity index (χ0) is 91.0. The van der Waals surface area contributed by atoms with Gasteiger partial charge in [-0.1, -0.05) is 115 Å². The molecule has 4 saturated heterocycles. The number of anilines is 4. The summed E-state index contributed by atoms with van der Waals surface area (Å²) in [5, 5.41) is 24.3. The van der Waals surface area contributed by atoms with Gasteiger partial charge in [0, 0.05) is 104 Å². The number of aromatic nitrogens is 17. The summed E-state index contributed by atoms with van der Waals surface area (Å²) in [6.45, 7) is 1.44. The van der Waals surface area contributed by atoms with Crippen molar-refractivity contribution in [1.82, 2.24) is 83.1 Å². The van der Waals surface area contributed by atoms with E-state index in [4.69, 9.17) is 47.6 Å². The number of rotatable bonds is 16. The number of pyridine rings is 3. The molecule has 4 fully saturated rings. The second kappa shape index (κ2) is 36.7. The number of benzene rings is 4. The van der Waals surface area contributed by atoms with Gasteiger partial charge in [-0.3, -0.25) is 19.6 Å². The number of ether oxygens (including phenoxy) is 1. The number of hydrogen-bond donors (Lipinski definition) is 4. The van der Waals surface area contributed by atoms with E-state index in [1.54, 1.807) is 68.3 Å². The fraction of sp³-hybridized carbons (Fsp3) is 0.226. The minimum atomic E-state index is -3.05. The van der Waals surface area contributed by atoms with Crippen molar-refractivity contribution in [2.45, 2.75) is 82.0 Å². The molecule has 666 valence electrons. The molecule has 17 heterocycles. The highest BCUT2D eigenvalue weighted by atomic mass is 79.9. The standard InChI is InChI=1S/C26H23N5O2S2.C24H23N5O3S.C22H20BrN5O3S.C21H20N6O3S/c27-25-23(22-7-4-12-34-22)24(18-10-13-35(32,33)14-11-18)30-26-20(16-29-31(25)26)19-8-9-21(28-15-19)17-5-2-1-3-6-17;1-15(30)21-22(17-9-11-33(31,32)12-10-17)28-24-19(14-27-29(24)23(21)25)18-7-8-20(26-13-18)16-5-3-2-4-6-16;23-19-20(14-8-10-32(29,30)11-9-14)27-22-17(13-26-28(22)21(19)24)15-6-7-18(25-12-15)31-16-4-2-1-3-5-16;22-20-17(13-28)19(14-7-10-31(29,30)11-8-14)24-21-16(12-23-27(20)21)18-6-9-26(25-18)15-4-2-1-3-5-15/h1-9,12,15-16,18H,10-11,13-14,27H2;2-8,13-14,17H,9-12,25H2,1H3;1-7,12-14H,8-11,24H2;1-6,9,12-14H,7-8,10-11,22H2. The van der Waals surface area contributed by atoms with Crippen LogP contribution in [0.4, 0.5) is 23.3 Å². The van der Waals surface area contributed by atoms with E-state index in [-0.39, 0.29) is 92.7 Å². The van der Waals surface area contributed by atoms with Gasteiger partial charge in [0.05, 0.1) is 143 Å². The lowest BCUT2D eigenvalue weighted by Gasteiger charge is -2.24. The van der Waals surface area contributed by atoms with E-state index >= 15 is 0 Å². The van der Waals surface area contributed by atoms with Crippen LogP contribution < -0.4 is 27.7 Å². The molecule has 17 aromatic rings. The molecule has 0 bridgehead atoms. The topological polar surface area (TPSA) is 461 Å². The smallest absolute Gasteiger partial charge is 0.219 e. The SMILES string of the molecule is CC(=O)c1c(C2CCS(=O)(=O)CC2)nc2c(-c3ccc(-c4ccccc4)nc3)cnn2c1N.Nc1c(-c2cccs2)c(C2CCS(=O)(=O)CC2)nc2c(-c3ccc(-c4ccccc4)nc3)cnn12.Nc1c(Br)c(C2CCS(=O)(=O)CC2)nc2c(-c3ccc(Oc4ccccc4)nc3)cnn12.Nc1c(C=O)c(C2CCS(=O)(=O)CC2)nc2c(-c3ccn(-c4ccccc4)n3)cnn12. The molecule has 0 aliphatic carbocycles. The Hall–Kier alpha value is -13.7. The van der Waals surface area contributed by atoms with Crippen LogP contribution in [0.1, 0.15) is 125 Å². The first kappa shape index (κ1) is 88.0. The Morgan fingerprint density at radius 3 is 1.27 bits per heavy atom. The minimum Gasteiger partial charge on any atom is -0.439 e. The lowest BCUT2D eigenvalue weighted by atomic mass is 9.93. The molecule has 0 unspecified atom stereocenters. The van der Waals surface area contributed by atoms with Gasteiger partial charge in [0.2, 0.25) is 5.88 Å². The van der Waals surface area contributed by atoms with Crippen molar-refractivity contribution in [3.05, 3.63) is 269 Å². The fourth-order valence-electron chi connectivity index (χ4n) is 17.0. The Morgan fingerprint density at radius 1 is 0.412 bits per heavy atom. The van der Waals surface area contributed by atoms with Gasteiger partial charge in [-0.05, 0) is 134 Å². The molecule has 4 aliphatic heterocycles. The van der Waals surface area contributed by atoms with Gasteiger partial charge in [-0.15, -0.1) is 11.3 Å². The Balaban J connectivity index is 0.000000117. The number of aldehydes is 1. The van der Waals surface area contributed by atoms with Crippen LogP contribution in [0.3, 0.4) is 0 Å². The second-order valence-electron chi connectivity index (χ2n) is 32.4. The summed E-state index contributed by atoms with van der Waals surface area (Å²) in [5.74, 6) is 3.06. The van der Waals surface area contributed by atoms with Crippen LogP contribution in [0.25, 0.3) is 106 Å². The summed E-state index contributed by atoms with van der Waals surface area (Å²) in [6.07, 6.45) is 18.4. The van der Waals surface area contributed by atoms with Crippen molar-refractivity contribution >= 4 is 125 Å². The van der Waals surface area contributed by atoms with E-state index in [9.17, 15) is 43.3 Å². The number of nitrogens with two attached hydrogens (primary N) is 4. The number of para-hydroxylation sites is 2. The van der Waals surface area contributed by atoms with Crippen molar-refractivity contribution in [2.24, 2.45) is 0 Å².